The molecule has 0 aliphatic carbocycles. The lowest BCUT2D eigenvalue weighted by Gasteiger charge is -2.23. The Hall–Kier alpha value is -1.03. The summed E-state index contributed by atoms with van der Waals surface area (Å²) in [6, 6.07) is 0.407. The molecule has 0 aliphatic rings. The molecule has 112 valence electrons. The number of fused-ring (bicyclic) bond motifs is 1. The Morgan fingerprint density at radius 2 is 1.95 bits per heavy atom. The van der Waals surface area contributed by atoms with Crippen LogP contribution in [-0.2, 0) is 13.0 Å². The van der Waals surface area contributed by atoms with E-state index in [0.717, 1.165) is 42.1 Å². The number of halogens is 1. The molecule has 0 bridgehead atoms. The quantitative estimate of drug-likeness (QED) is 0.757. The fourth-order valence-electron chi connectivity index (χ4n) is 2.74. The number of hydrogen-bond acceptors (Lipinski definition) is 2. The SMILES string of the molecule is CCC(C)C(C)n1c(CCCl)nc2c(C)nn(CC)c21. The Bertz CT molecular complexity index is 584. The Kier molecular flexibility index (Phi) is 4.74. The molecule has 0 aliphatic heterocycles. The van der Waals surface area contributed by atoms with Crippen molar-refractivity contribution in [3.05, 3.63) is 11.5 Å². The van der Waals surface area contributed by atoms with Crippen molar-refractivity contribution in [2.75, 3.05) is 5.88 Å². The van der Waals surface area contributed by atoms with Crippen LogP contribution in [0.25, 0.3) is 11.2 Å². The standard InChI is InChI=1S/C15H25ClN4/c1-6-10(3)12(5)20-13(8-9-16)17-14-11(4)18-19(7-2)15(14)20/h10,12H,6-9H2,1-5H3. The number of alkyl halides is 1. The number of aromatic nitrogens is 4. The zero-order chi connectivity index (χ0) is 14.9. The van der Waals surface area contributed by atoms with Gasteiger partial charge in [0.05, 0.1) is 5.69 Å². The highest BCUT2D eigenvalue weighted by atomic mass is 35.5. The van der Waals surface area contributed by atoms with Crippen LogP contribution in [0, 0.1) is 12.8 Å². The van der Waals surface area contributed by atoms with Crippen molar-refractivity contribution >= 4 is 22.8 Å². The zero-order valence-corrected chi connectivity index (χ0v) is 13.9. The van der Waals surface area contributed by atoms with E-state index in [-0.39, 0.29) is 0 Å². The fraction of sp³-hybridized carbons (Fsp3) is 0.733. The predicted octanol–water partition coefficient (Wildman–Crippen LogP) is 3.95. The molecule has 0 amide bonds. The lowest BCUT2D eigenvalue weighted by atomic mass is 10.0. The fourth-order valence-corrected chi connectivity index (χ4v) is 2.91. The molecule has 2 rings (SSSR count). The van der Waals surface area contributed by atoms with E-state index < -0.39 is 0 Å². The van der Waals surface area contributed by atoms with Crippen LogP contribution in [0.3, 0.4) is 0 Å². The third-order valence-corrected chi connectivity index (χ3v) is 4.50. The van der Waals surface area contributed by atoms with Gasteiger partial charge in [-0.25, -0.2) is 9.67 Å². The summed E-state index contributed by atoms with van der Waals surface area (Å²) in [4.78, 5) is 4.80. The van der Waals surface area contributed by atoms with Gasteiger partial charge in [-0.05, 0) is 26.7 Å². The van der Waals surface area contributed by atoms with E-state index in [1.807, 2.05) is 6.92 Å². The predicted molar refractivity (Wildman–Crippen MR) is 84.5 cm³/mol. The van der Waals surface area contributed by atoms with Crippen molar-refractivity contribution in [3.63, 3.8) is 0 Å². The zero-order valence-electron chi connectivity index (χ0n) is 13.1. The summed E-state index contributed by atoms with van der Waals surface area (Å²) in [5.41, 5.74) is 3.19. The van der Waals surface area contributed by atoms with Crippen molar-refractivity contribution in [1.82, 2.24) is 19.3 Å². The summed E-state index contributed by atoms with van der Waals surface area (Å²) in [5.74, 6) is 2.29. The Morgan fingerprint density at radius 3 is 2.50 bits per heavy atom. The van der Waals surface area contributed by atoms with E-state index in [2.05, 4.69) is 42.0 Å². The topological polar surface area (TPSA) is 35.6 Å². The average molecular weight is 297 g/mol. The minimum atomic E-state index is 0.407. The first-order valence-corrected chi connectivity index (χ1v) is 8.08. The van der Waals surface area contributed by atoms with E-state index in [1.165, 1.54) is 0 Å². The minimum Gasteiger partial charge on any atom is -0.310 e. The molecule has 0 N–H and O–H groups in total. The summed E-state index contributed by atoms with van der Waals surface area (Å²) < 4.78 is 4.42. The van der Waals surface area contributed by atoms with Crippen molar-refractivity contribution in [1.29, 1.82) is 0 Å². The van der Waals surface area contributed by atoms with Crippen LogP contribution in [0.4, 0.5) is 0 Å². The molecule has 20 heavy (non-hydrogen) atoms. The van der Waals surface area contributed by atoms with Gasteiger partial charge in [0.15, 0.2) is 5.65 Å². The average Bonchev–Trinajstić information content (AvgIpc) is 2.95. The highest BCUT2D eigenvalue weighted by Crippen LogP contribution is 2.29. The monoisotopic (exact) mass is 296 g/mol. The van der Waals surface area contributed by atoms with Crippen molar-refractivity contribution in [3.8, 4) is 0 Å². The molecule has 2 aromatic heterocycles. The highest BCUT2D eigenvalue weighted by molar-refractivity contribution is 6.17. The highest BCUT2D eigenvalue weighted by Gasteiger charge is 2.23. The van der Waals surface area contributed by atoms with Gasteiger partial charge in [-0.3, -0.25) is 0 Å². The molecule has 0 aromatic carbocycles. The first-order valence-electron chi connectivity index (χ1n) is 7.55. The number of imidazole rings is 1. The third-order valence-electron chi connectivity index (χ3n) is 4.31. The molecule has 2 unspecified atom stereocenters. The van der Waals surface area contributed by atoms with Crippen LogP contribution in [-0.4, -0.2) is 25.2 Å². The molecular weight excluding hydrogens is 272 g/mol. The molecule has 0 radical (unpaired) electrons. The Labute approximate surface area is 126 Å². The van der Waals surface area contributed by atoms with E-state index in [9.17, 15) is 0 Å². The molecule has 2 heterocycles. The van der Waals surface area contributed by atoms with Gasteiger partial charge in [-0.1, -0.05) is 20.3 Å². The van der Waals surface area contributed by atoms with Crippen molar-refractivity contribution in [2.24, 2.45) is 5.92 Å². The van der Waals surface area contributed by atoms with E-state index >= 15 is 0 Å². The maximum atomic E-state index is 5.96. The van der Waals surface area contributed by atoms with Gasteiger partial charge >= 0.3 is 0 Å². The van der Waals surface area contributed by atoms with Crippen LogP contribution in [0.1, 0.15) is 51.7 Å². The second kappa shape index (κ2) is 6.17. The van der Waals surface area contributed by atoms with Gasteiger partial charge in [-0.2, -0.15) is 5.10 Å². The molecule has 2 atom stereocenters. The second-order valence-electron chi connectivity index (χ2n) is 5.54. The van der Waals surface area contributed by atoms with Crippen LogP contribution in [0.5, 0.6) is 0 Å². The Balaban J connectivity index is 2.66. The summed E-state index contributed by atoms with van der Waals surface area (Å²) in [6.07, 6.45) is 1.96. The molecule has 4 nitrogen and oxygen atoms in total. The van der Waals surface area contributed by atoms with Gasteiger partial charge in [0, 0.05) is 24.9 Å². The van der Waals surface area contributed by atoms with Gasteiger partial charge in [0.1, 0.15) is 11.3 Å². The molecule has 2 aromatic rings. The van der Waals surface area contributed by atoms with E-state index in [1.54, 1.807) is 0 Å². The van der Waals surface area contributed by atoms with Crippen molar-refractivity contribution in [2.45, 2.75) is 60.0 Å². The number of hydrogen-bond donors (Lipinski definition) is 0. The lowest BCUT2D eigenvalue weighted by molar-refractivity contribution is 0.364. The Morgan fingerprint density at radius 1 is 1.25 bits per heavy atom. The third kappa shape index (κ3) is 2.46. The molecule has 0 saturated heterocycles. The van der Waals surface area contributed by atoms with Crippen LogP contribution in [0.2, 0.25) is 0 Å². The summed E-state index contributed by atoms with van der Waals surface area (Å²) in [5, 5.41) is 4.60. The van der Waals surface area contributed by atoms with Gasteiger partial charge < -0.3 is 4.57 Å². The smallest absolute Gasteiger partial charge is 0.159 e. The van der Waals surface area contributed by atoms with Crippen LogP contribution in [0.15, 0.2) is 0 Å². The molecule has 0 spiro atoms. The summed E-state index contributed by atoms with van der Waals surface area (Å²) in [7, 11) is 0. The van der Waals surface area contributed by atoms with Crippen LogP contribution >= 0.6 is 11.6 Å². The summed E-state index contributed by atoms with van der Waals surface area (Å²) in [6.45, 7) is 11.8. The van der Waals surface area contributed by atoms with Crippen LogP contribution < -0.4 is 0 Å². The molecule has 5 heteroatoms. The van der Waals surface area contributed by atoms with E-state index in [0.29, 0.717) is 17.8 Å². The van der Waals surface area contributed by atoms with Crippen molar-refractivity contribution < 1.29 is 0 Å². The van der Waals surface area contributed by atoms with Gasteiger partial charge in [0.25, 0.3) is 0 Å². The molecule has 0 fully saturated rings. The minimum absolute atomic E-state index is 0.407. The van der Waals surface area contributed by atoms with Gasteiger partial charge in [0.2, 0.25) is 0 Å². The molecular formula is C15H25ClN4. The normalized spacial score (nSPS) is 14.9. The second-order valence-corrected chi connectivity index (χ2v) is 5.91. The van der Waals surface area contributed by atoms with E-state index in [4.69, 9.17) is 16.6 Å². The number of nitrogens with zero attached hydrogens (tertiary/aromatic N) is 4. The van der Waals surface area contributed by atoms with Gasteiger partial charge in [-0.15, -0.1) is 11.6 Å². The largest absolute Gasteiger partial charge is 0.310 e. The first kappa shape index (κ1) is 15.4. The first-order chi connectivity index (χ1) is 9.54. The maximum Gasteiger partial charge on any atom is 0.159 e. The number of aryl methyl sites for hydroxylation is 3. The summed E-state index contributed by atoms with van der Waals surface area (Å²) >= 11 is 5.96. The number of rotatable bonds is 6. The molecule has 0 saturated carbocycles. The maximum absolute atomic E-state index is 5.96. The lowest BCUT2D eigenvalue weighted by Crippen LogP contribution is -2.18.